The van der Waals surface area contributed by atoms with E-state index in [-0.39, 0.29) is 11.4 Å². The number of carbonyl (C=O) groups excluding carboxylic acids is 1. The number of anilines is 1. The second-order valence-corrected chi connectivity index (χ2v) is 4.52. The third kappa shape index (κ3) is 2.01. The number of pyridine rings is 1. The number of nitrogens with zero attached hydrogens (tertiary/aromatic N) is 1. The zero-order chi connectivity index (χ0) is 11.6. The van der Waals surface area contributed by atoms with E-state index in [0.717, 1.165) is 12.8 Å². The Kier molecular flexibility index (Phi) is 2.81. The normalized spacial score (nSPS) is 17.4. The molecule has 1 aromatic heterocycles. The minimum absolute atomic E-state index is 0.0159. The van der Waals surface area contributed by atoms with Gasteiger partial charge in [-0.3, -0.25) is 4.79 Å². The highest BCUT2D eigenvalue weighted by atomic mass is 16.1. The molecular weight excluding hydrogens is 202 g/mol. The van der Waals surface area contributed by atoms with Gasteiger partial charge in [-0.1, -0.05) is 0 Å². The molecule has 0 bridgehead atoms. The molecule has 1 aromatic rings. The molecule has 4 heteroatoms. The van der Waals surface area contributed by atoms with Crippen LogP contribution in [0.4, 0.5) is 5.82 Å². The first kappa shape index (κ1) is 10.9. The Bertz CT molecular complexity index is 399. The molecule has 1 aliphatic carbocycles. The molecule has 0 unspecified atom stereocenters. The first-order chi connectivity index (χ1) is 7.64. The smallest absolute Gasteiger partial charge is 0.255 e. The largest absolute Gasteiger partial charge is 0.372 e. The van der Waals surface area contributed by atoms with E-state index in [1.54, 1.807) is 25.4 Å². The van der Waals surface area contributed by atoms with Crippen molar-refractivity contribution >= 4 is 11.7 Å². The summed E-state index contributed by atoms with van der Waals surface area (Å²) in [4.78, 5) is 16.2. The third-order valence-electron chi connectivity index (χ3n) is 3.16. The highest BCUT2D eigenvalue weighted by Gasteiger charge is 2.33. The molecule has 0 aliphatic heterocycles. The third-order valence-corrected chi connectivity index (χ3v) is 3.16. The number of hydrogen-bond donors (Lipinski definition) is 2. The van der Waals surface area contributed by atoms with Gasteiger partial charge in [0.15, 0.2) is 0 Å². The van der Waals surface area contributed by atoms with Crippen LogP contribution in [-0.4, -0.2) is 23.5 Å². The summed E-state index contributed by atoms with van der Waals surface area (Å²) < 4.78 is 0. The Morgan fingerprint density at radius 2 is 2.25 bits per heavy atom. The van der Waals surface area contributed by atoms with Crippen LogP contribution in [0, 0.1) is 0 Å². The Labute approximate surface area is 95.5 Å². The van der Waals surface area contributed by atoms with Gasteiger partial charge in [-0.05, 0) is 38.3 Å². The van der Waals surface area contributed by atoms with Gasteiger partial charge >= 0.3 is 0 Å². The van der Waals surface area contributed by atoms with Crippen molar-refractivity contribution in [3.05, 3.63) is 23.9 Å². The van der Waals surface area contributed by atoms with Crippen LogP contribution in [0.2, 0.25) is 0 Å². The number of hydrogen-bond acceptors (Lipinski definition) is 3. The first-order valence-electron chi connectivity index (χ1n) is 5.60. The van der Waals surface area contributed by atoms with Gasteiger partial charge in [-0.15, -0.1) is 0 Å². The summed E-state index contributed by atoms with van der Waals surface area (Å²) in [6, 6.07) is 3.56. The number of aromatic nitrogens is 1. The van der Waals surface area contributed by atoms with Crippen molar-refractivity contribution in [2.45, 2.75) is 31.7 Å². The molecule has 1 saturated carbocycles. The second-order valence-electron chi connectivity index (χ2n) is 4.52. The first-order valence-corrected chi connectivity index (χ1v) is 5.60. The zero-order valence-corrected chi connectivity index (χ0v) is 9.71. The van der Waals surface area contributed by atoms with Crippen molar-refractivity contribution in [1.29, 1.82) is 0 Å². The van der Waals surface area contributed by atoms with Gasteiger partial charge in [0.2, 0.25) is 0 Å². The minimum atomic E-state index is -0.0420. The maximum absolute atomic E-state index is 12.0. The van der Waals surface area contributed by atoms with Crippen LogP contribution in [0.15, 0.2) is 18.3 Å². The highest BCUT2D eigenvalue weighted by molar-refractivity contribution is 5.99. The van der Waals surface area contributed by atoms with Crippen LogP contribution in [-0.2, 0) is 0 Å². The summed E-state index contributed by atoms with van der Waals surface area (Å²) >= 11 is 0. The van der Waals surface area contributed by atoms with E-state index in [4.69, 9.17) is 0 Å². The molecule has 0 radical (unpaired) electrons. The Morgan fingerprint density at radius 3 is 2.81 bits per heavy atom. The van der Waals surface area contributed by atoms with Gasteiger partial charge in [0.05, 0.1) is 5.56 Å². The van der Waals surface area contributed by atoms with Crippen LogP contribution < -0.4 is 10.6 Å². The summed E-state index contributed by atoms with van der Waals surface area (Å²) in [6.45, 7) is 2.09. The van der Waals surface area contributed by atoms with E-state index < -0.39 is 0 Å². The molecule has 2 rings (SSSR count). The Balaban J connectivity index is 2.14. The summed E-state index contributed by atoms with van der Waals surface area (Å²) in [5, 5.41) is 5.99. The Hall–Kier alpha value is -1.58. The number of amides is 1. The lowest BCUT2D eigenvalue weighted by Crippen LogP contribution is -2.51. The molecule has 0 saturated heterocycles. The Morgan fingerprint density at radius 1 is 1.50 bits per heavy atom. The SMILES string of the molecule is CNc1ncccc1C(=O)NC1(C)CCC1. The molecule has 4 nitrogen and oxygen atoms in total. The van der Waals surface area contributed by atoms with E-state index in [1.807, 2.05) is 0 Å². The van der Waals surface area contributed by atoms with Gasteiger partial charge in [-0.2, -0.15) is 0 Å². The fraction of sp³-hybridized carbons (Fsp3) is 0.500. The van der Waals surface area contributed by atoms with E-state index in [0.29, 0.717) is 11.4 Å². The summed E-state index contributed by atoms with van der Waals surface area (Å²) in [7, 11) is 1.77. The fourth-order valence-corrected chi connectivity index (χ4v) is 1.96. The van der Waals surface area contributed by atoms with Gasteiger partial charge in [0.1, 0.15) is 5.82 Å². The summed E-state index contributed by atoms with van der Waals surface area (Å²) in [6.07, 6.45) is 5.00. The van der Waals surface area contributed by atoms with E-state index >= 15 is 0 Å². The maximum Gasteiger partial charge on any atom is 0.255 e. The van der Waals surface area contributed by atoms with Gasteiger partial charge in [0, 0.05) is 18.8 Å². The highest BCUT2D eigenvalue weighted by Crippen LogP contribution is 2.31. The van der Waals surface area contributed by atoms with Crippen molar-refractivity contribution in [2.75, 3.05) is 12.4 Å². The van der Waals surface area contributed by atoms with Crippen molar-refractivity contribution in [1.82, 2.24) is 10.3 Å². The minimum Gasteiger partial charge on any atom is -0.372 e. The molecule has 0 aromatic carbocycles. The van der Waals surface area contributed by atoms with Gasteiger partial charge in [-0.25, -0.2) is 4.98 Å². The molecule has 1 amide bonds. The van der Waals surface area contributed by atoms with Gasteiger partial charge < -0.3 is 10.6 Å². The second kappa shape index (κ2) is 4.12. The lowest BCUT2D eigenvalue weighted by molar-refractivity contribution is 0.0851. The lowest BCUT2D eigenvalue weighted by atomic mass is 9.78. The van der Waals surface area contributed by atoms with Crippen LogP contribution >= 0.6 is 0 Å². The van der Waals surface area contributed by atoms with Crippen LogP contribution in [0.25, 0.3) is 0 Å². The van der Waals surface area contributed by atoms with E-state index in [2.05, 4.69) is 22.5 Å². The van der Waals surface area contributed by atoms with Gasteiger partial charge in [0.25, 0.3) is 5.91 Å². The molecule has 1 aliphatic rings. The summed E-state index contributed by atoms with van der Waals surface area (Å²) in [5.74, 6) is 0.586. The predicted octanol–water partition coefficient (Wildman–Crippen LogP) is 1.80. The van der Waals surface area contributed by atoms with Crippen molar-refractivity contribution in [3.63, 3.8) is 0 Å². The zero-order valence-electron chi connectivity index (χ0n) is 9.71. The van der Waals surface area contributed by atoms with Crippen LogP contribution in [0.1, 0.15) is 36.5 Å². The van der Waals surface area contributed by atoms with Crippen LogP contribution in [0.5, 0.6) is 0 Å². The predicted molar refractivity (Wildman–Crippen MR) is 63.5 cm³/mol. The lowest BCUT2D eigenvalue weighted by Gasteiger charge is -2.39. The quantitative estimate of drug-likeness (QED) is 0.815. The average Bonchev–Trinajstić information content (AvgIpc) is 2.26. The van der Waals surface area contributed by atoms with Crippen molar-refractivity contribution < 1.29 is 4.79 Å². The van der Waals surface area contributed by atoms with E-state index in [1.165, 1.54) is 6.42 Å². The number of rotatable bonds is 3. The molecular formula is C12H17N3O. The summed E-state index contributed by atoms with van der Waals surface area (Å²) in [5.41, 5.74) is 0.593. The standard InChI is InChI=1S/C12H17N3O/c1-12(6-4-7-12)15-11(16)9-5-3-8-14-10(9)13-2/h3,5,8H,4,6-7H2,1-2H3,(H,13,14)(H,15,16). The van der Waals surface area contributed by atoms with E-state index in [9.17, 15) is 4.79 Å². The monoisotopic (exact) mass is 219 g/mol. The molecule has 1 heterocycles. The topological polar surface area (TPSA) is 54.0 Å². The molecule has 0 spiro atoms. The van der Waals surface area contributed by atoms with Crippen molar-refractivity contribution in [2.24, 2.45) is 0 Å². The number of carbonyl (C=O) groups is 1. The fourth-order valence-electron chi connectivity index (χ4n) is 1.96. The molecule has 1 fully saturated rings. The molecule has 86 valence electrons. The number of nitrogens with one attached hydrogen (secondary N) is 2. The average molecular weight is 219 g/mol. The molecule has 16 heavy (non-hydrogen) atoms. The molecule has 2 N–H and O–H groups in total. The maximum atomic E-state index is 12.0. The van der Waals surface area contributed by atoms with Crippen molar-refractivity contribution in [3.8, 4) is 0 Å². The molecule has 0 atom stereocenters. The van der Waals surface area contributed by atoms with Crippen LogP contribution in [0.3, 0.4) is 0 Å².